The van der Waals surface area contributed by atoms with Crippen molar-refractivity contribution in [1.82, 2.24) is 9.29 Å². The van der Waals surface area contributed by atoms with Crippen LogP contribution in [0.3, 0.4) is 0 Å². The molecular formula is C29H34N2O5S. The van der Waals surface area contributed by atoms with E-state index in [1.54, 1.807) is 6.92 Å². The van der Waals surface area contributed by atoms with E-state index in [1.807, 2.05) is 25.1 Å². The van der Waals surface area contributed by atoms with E-state index in [2.05, 4.69) is 27.2 Å². The zero-order chi connectivity index (χ0) is 26.4. The molecule has 2 aromatic carbocycles. The number of rotatable bonds is 10. The molecule has 1 aromatic heterocycles. The highest BCUT2D eigenvalue weighted by Gasteiger charge is 2.28. The Morgan fingerprint density at radius 1 is 1.14 bits per heavy atom. The minimum Gasteiger partial charge on any atom is -0.481 e. The van der Waals surface area contributed by atoms with E-state index in [4.69, 9.17) is 4.74 Å². The summed E-state index contributed by atoms with van der Waals surface area (Å²) in [7, 11) is -4.07. The van der Waals surface area contributed by atoms with Crippen LogP contribution in [0.5, 0.6) is 5.75 Å². The van der Waals surface area contributed by atoms with Gasteiger partial charge in [-0.3, -0.25) is 4.79 Å². The van der Waals surface area contributed by atoms with Crippen LogP contribution in [-0.2, 0) is 27.8 Å². The maximum absolute atomic E-state index is 13.1. The molecule has 0 spiro atoms. The number of hydrogen-bond acceptors (Lipinski definition) is 4. The smallest absolute Gasteiger partial charge is 0.322 e. The number of benzene rings is 2. The molecule has 4 rings (SSSR count). The van der Waals surface area contributed by atoms with Crippen LogP contribution in [0.1, 0.15) is 50.3 Å². The third-order valence-corrected chi connectivity index (χ3v) is 8.64. The maximum Gasteiger partial charge on any atom is 0.322 e. The standard InChI is InChI=1S/C29H34N2O5S/c1-3-4-18-36-23-14-16-24(17-15-23)37(34,35)30-27(29(32)33)19-26-21(2)31(20-22-10-6-5-7-11-22)28-13-9-8-12-25(26)28/h8-9,12-17,22,27,30H,5-7,10-11,18-20H2,1-2H3,(H,32,33)/t27-/m0/s1. The Hall–Kier alpha value is -3.28. The van der Waals surface area contributed by atoms with Crippen molar-refractivity contribution in [3.8, 4) is 17.6 Å². The molecule has 1 aliphatic carbocycles. The van der Waals surface area contributed by atoms with Crippen molar-refractivity contribution >= 4 is 26.9 Å². The Balaban J connectivity index is 1.57. The molecule has 0 saturated heterocycles. The van der Waals surface area contributed by atoms with Gasteiger partial charge < -0.3 is 14.4 Å². The van der Waals surface area contributed by atoms with E-state index in [-0.39, 0.29) is 17.9 Å². The molecule has 37 heavy (non-hydrogen) atoms. The number of aliphatic carboxylic acids is 1. The number of aromatic nitrogens is 1. The monoisotopic (exact) mass is 522 g/mol. The molecule has 1 heterocycles. The molecule has 1 fully saturated rings. The molecule has 3 aromatic rings. The van der Waals surface area contributed by atoms with Gasteiger partial charge in [-0.15, -0.1) is 5.92 Å². The van der Waals surface area contributed by atoms with Gasteiger partial charge in [0.1, 0.15) is 18.4 Å². The Bertz CT molecular complexity index is 1410. The van der Waals surface area contributed by atoms with E-state index in [1.165, 1.54) is 56.4 Å². The number of fused-ring (bicyclic) bond motifs is 1. The second kappa shape index (κ2) is 11.8. The zero-order valence-corrected chi connectivity index (χ0v) is 22.2. The van der Waals surface area contributed by atoms with Crippen LogP contribution in [0.15, 0.2) is 53.4 Å². The number of sulfonamides is 1. The molecule has 0 aliphatic heterocycles. The van der Waals surface area contributed by atoms with Gasteiger partial charge in [0.25, 0.3) is 0 Å². The van der Waals surface area contributed by atoms with Crippen LogP contribution in [-0.4, -0.2) is 36.7 Å². The molecular weight excluding hydrogens is 488 g/mol. The Labute approximate surface area is 218 Å². The van der Waals surface area contributed by atoms with Crippen molar-refractivity contribution in [3.63, 3.8) is 0 Å². The average Bonchev–Trinajstić information content (AvgIpc) is 3.15. The number of hydrogen-bond donors (Lipinski definition) is 2. The summed E-state index contributed by atoms with van der Waals surface area (Å²) in [6.45, 7) is 4.82. The quantitative estimate of drug-likeness (QED) is 0.369. The third kappa shape index (κ3) is 6.35. The summed E-state index contributed by atoms with van der Waals surface area (Å²) in [5, 5.41) is 10.9. The lowest BCUT2D eigenvalue weighted by atomic mass is 9.89. The zero-order valence-electron chi connectivity index (χ0n) is 21.4. The first-order chi connectivity index (χ1) is 17.8. The molecule has 1 aliphatic rings. The summed E-state index contributed by atoms with van der Waals surface area (Å²) < 4.78 is 36.3. The molecule has 1 atom stereocenters. The fraction of sp³-hybridized carbons (Fsp3) is 0.414. The molecule has 8 heteroatoms. The number of nitrogens with zero attached hydrogens (tertiary/aromatic N) is 1. The number of nitrogens with one attached hydrogen (secondary N) is 1. The largest absolute Gasteiger partial charge is 0.481 e. The first-order valence-electron chi connectivity index (χ1n) is 12.7. The molecule has 0 amide bonds. The third-order valence-electron chi connectivity index (χ3n) is 7.15. The van der Waals surface area contributed by atoms with Gasteiger partial charge in [0.2, 0.25) is 10.0 Å². The van der Waals surface area contributed by atoms with E-state index >= 15 is 0 Å². The molecule has 0 bridgehead atoms. The van der Waals surface area contributed by atoms with E-state index in [9.17, 15) is 18.3 Å². The number of carboxylic acid groups (broad SMARTS) is 1. The highest BCUT2D eigenvalue weighted by Crippen LogP contribution is 2.32. The number of ether oxygens (including phenoxy) is 1. The number of carboxylic acids is 1. The van der Waals surface area contributed by atoms with Crippen LogP contribution in [0.4, 0.5) is 0 Å². The summed E-state index contributed by atoms with van der Waals surface area (Å²) >= 11 is 0. The molecule has 7 nitrogen and oxygen atoms in total. The Morgan fingerprint density at radius 3 is 2.51 bits per heavy atom. The number of carbonyl (C=O) groups is 1. The van der Waals surface area contributed by atoms with Gasteiger partial charge in [-0.2, -0.15) is 4.72 Å². The lowest BCUT2D eigenvalue weighted by Gasteiger charge is -2.23. The fourth-order valence-corrected chi connectivity index (χ4v) is 6.36. The van der Waals surface area contributed by atoms with E-state index in [0.717, 1.165) is 28.7 Å². The highest BCUT2D eigenvalue weighted by atomic mass is 32.2. The number of para-hydroxylation sites is 1. The van der Waals surface area contributed by atoms with Crippen molar-refractivity contribution in [1.29, 1.82) is 0 Å². The van der Waals surface area contributed by atoms with Crippen LogP contribution in [0, 0.1) is 24.7 Å². The maximum atomic E-state index is 13.1. The van der Waals surface area contributed by atoms with Gasteiger partial charge in [0.15, 0.2) is 0 Å². The van der Waals surface area contributed by atoms with Crippen molar-refractivity contribution in [2.45, 2.75) is 69.9 Å². The van der Waals surface area contributed by atoms with Crippen molar-refractivity contribution in [2.24, 2.45) is 5.92 Å². The SMILES string of the molecule is CC#CCOc1ccc(S(=O)(=O)N[C@@H](Cc2c(C)n(CC3CCCCC3)c3ccccc23)C(=O)O)cc1. The van der Waals surface area contributed by atoms with Crippen LogP contribution in [0.25, 0.3) is 10.9 Å². The summed E-state index contributed by atoms with van der Waals surface area (Å²) in [6, 6.07) is 12.5. The summed E-state index contributed by atoms with van der Waals surface area (Å²) in [4.78, 5) is 12.2. The molecule has 2 N–H and O–H groups in total. The van der Waals surface area contributed by atoms with Crippen LogP contribution in [0.2, 0.25) is 0 Å². The lowest BCUT2D eigenvalue weighted by Crippen LogP contribution is -2.42. The van der Waals surface area contributed by atoms with Gasteiger partial charge in [-0.25, -0.2) is 8.42 Å². The normalized spacial score (nSPS) is 15.2. The summed E-state index contributed by atoms with van der Waals surface area (Å²) in [5.41, 5.74) is 2.92. The molecule has 196 valence electrons. The van der Waals surface area contributed by atoms with Crippen molar-refractivity contribution in [2.75, 3.05) is 6.61 Å². The Kier molecular flexibility index (Phi) is 8.57. The lowest BCUT2D eigenvalue weighted by molar-refractivity contribution is -0.138. The second-order valence-corrected chi connectivity index (χ2v) is 11.3. The minimum absolute atomic E-state index is 0.0240. The first kappa shape index (κ1) is 26.8. The topological polar surface area (TPSA) is 97.6 Å². The Morgan fingerprint density at radius 2 is 1.84 bits per heavy atom. The van der Waals surface area contributed by atoms with Gasteiger partial charge >= 0.3 is 5.97 Å². The van der Waals surface area contributed by atoms with E-state index < -0.39 is 22.0 Å². The summed E-state index contributed by atoms with van der Waals surface area (Å²) in [5.74, 6) is 5.37. The predicted molar refractivity (Wildman–Crippen MR) is 144 cm³/mol. The minimum atomic E-state index is -4.07. The predicted octanol–water partition coefficient (Wildman–Crippen LogP) is 4.91. The van der Waals surface area contributed by atoms with E-state index in [0.29, 0.717) is 11.7 Å². The molecule has 1 saturated carbocycles. The average molecular weight is 523 g/mol. The first-order valence-corrected chi connectivity index (χ1v) is 14.2. The van der Waals surface area contributed by atoms with Gasteiger partial charge in [-0.1, -0.05) is 43.4 Å². The fourth-order valence-electron chi connectivity index (χ4n) is 5.17. The highest BCUT2D eigenvalue weighted by molar-refractivity contribution is 7.89. The van der Waals surface area contributed by atoms with Crippen LogP contribution >= 0.6 is 0 Å². The van der Waals surface area contributed by atoms with Crippen LogP contribution < -0.4 is 9.46 Å². The van der Waals surface area contributed by atoms with Gasteiger partial charge in [0, 0.05) is 29.6 Å². The van der Waals surface area contributed by atoms with Gasteiger partial charge in [0.05, 0.1) is 4.90 Å². The van der Waals surface area contributed by atoms with Crippen molar-refractivity contribution < 1.29 is 23.1 Å². The second-order valence-electron chi connectivity index (χ2n) is 9.60. The van der Waals surface area contributed by atoms with Crippen molar-refractivity contribution in [3.05, 3.63) is 59.8 Å². The summed E-state index contributed by atoms with van der Waals surface area (Å²) in [6.07, 6.45) is 6.24. The molecule has 0 unspecified atom stereocenters. The molecule has 0 radical (unpaired) electrons. The van der Waals surface area contributed by atoms with Gasteiger partial charge in [-0.05, 0) is 68.5 Å².